The molecule has 5 heteroatoms. The summed E-state index contributed by atoms with van der Waals surface area (Å²) in [5.74, 6) is 1.73. The topological polar surface area (TPSA) is 41.4 Å². The minimum absolute atomic E-state index is 0.112. The third kappa shape index (κ3) is 3.86. The van der Waals surface area contributed by atoms with E-state index in [1.54, 1.807) is 0 Å². The van der Waals surface area contributed by atoms with Crippen LogP contribution in [0.3, 0.4) is 0 Å². The summed E-state index contributed by atoms with van der Waals surface area (Å²) in [5, 5.41) is 0. The van der Waals surface area contributed by atoms with Crippen molar-refractivity contribution >= 4 is 16.9 Å². The Balaban J connectivity index is 1.34. The predicted molar refractivity (Wildman–Crippen MR) is 119 cm³/mol. The summed E-state index contributed by atoms with van der Waals surface area (Å²) in [6, 6.07) is 18.7. The lowest BCUT2D eigenvalue weighted by atomic mass is 10.1. The van der Waals surface area contributed by atoms with Crippen molar-refractivity contribution in [3.63, 3.8) is 0 Å². The molecule has 0 unspecified atom stereocenters. The van der Waals surface area contributed by atoms with Crippen LogP contribution in [-0.2, 0) is 18.4 Å². The van der Waals surface area contributed by atoms with E-state index in [0.717, 1.165) is 49.5 Å². The Labute approximate surface area is 178 Å². The number of carbonyl (C=O) groups excluding carboxylic acids is 1. The van der Waals surface area contributed by atoms with Gasteiger partial charge in [-0.15, -0.1) is 0 Å². The molecule has 2 aromatic carbocycles. The molecule has 0 bridgehead atoms. The van der Waals surface area contributed by atoms with Crippen molar-refractivity contribution < 1.29 is 4.79 Å². The number of aryl methyl sites for hydroxylation is 1. The highest BCUT2D eigenvalue weighted by molar-refractivity contribution is 5.83. The van der Waals surface area contributed by atoms with Gasteiger partial charge in [-0.1, -0.05) is 42.5 Å². The standard InChI is InChI=1S/C25H30N4O/c1-27-23-12-6-5-11-22(23)26-24(27)18-29(16-15-28-13-7-8-14-28)25(30)21-17-20(21)19-9-3-2-4-10-19/h2-6,9-12,20-21H,7-8,13-18H2,1H3/t20-,21+/m0/s1. The van der Waals surface area contributed by atoms with Crippen LogP contribution >= 0.6 is 0 Å². The van der Waals surface area contributed by atoms with Gasteiger partial charge < -0.3 is 14.4 Å². The maximum Gasteiger partial charge on any atom is 0.226 e. The normalized spacial score (nSPS) is 21.2. The number of likely N-dealkylation sites (tertiary alicyclic amines) is 1. The highest BCUT2D eigenvalue weighted by Gasteiger charge is 2.45. The molecule has 0 radical (unpaired) electrons. The first-order valence-electron chi connectivity index (χ1n) is 11.2. The molecule has 0 N–H and O–H groups in total. The molecule has 1 aromatic heterocycles. The number of para-hydroxylation sites is 2. The second-order valence-corrected chi connectivity index (χ2v) is 8.74. The molecule has 5 rings (SSSR count). The van der Waals surface area contributed by atoms with Gasteiger partial charge in [-0.25, -0.2) is 4.98 Å². The average Bonchev–Trinajstić information content (AvgIpc) is 3.29. The summed E-state index contributed by atoms with van der Waals surface area (Å²) in [7, 11) is 2.05. The summed E-state index contributed by atoms with van der Waals surface area (Å²) in [6.45, 7) is 4.63. The number of benzene rings is 2. The molecule has 1 aliphatic heterocycles. The fraction of sp³-hybridized carbons (Fsp3) is 0.440. The van der Waals surface area contributed by atoms with Gasteiger partial charge in [0.2, 0.25) is 5.91 Å². The van der Waals surface area contributed by atoms with Gasteiger partial charge in [0.05, 0.1) is 17.6 Å². The molecule has 2 aliphatic rings. The van der Waals surface area contributed by atoms with Crippen LogP contribution in [0.4, 0.5) is 0 Å². The van der Waals surface area contributed by atoms with Gasteiger partial charge in [0.15, 0.2) is 0 Å². The zero-order valence-electron chi connectivity index (χ0n) is 17.7. The van der Waals surface area contributed by atoms with Crippen molar-refractivity contribution in [1.29, 1.82) is 0 Å². The van der Waals surface area contributed by atoms with Crippen molar-refractivity contribution in [1.82, 2.24) is 19.4 Å². The molecular weight excluding hydrogens is 372 g/mol. The third-order valence-electron chi connectivity index (χ3n) is 6.74. The van der Waals surface area contributed by atoms with Crippen molar-refractivity contribution in [3.05, 3.63) is 66.0 Å². The second-order valence-electron chi connectivity index (χ2n) is 8.74. The van der Waals surface area contributed by atoms with Gasteiger partial charge in [0, 0.05) is 26.1 Å². The number of rotatable bonds is 7. The summed E-state index contributed by atoms with van der Waals surface area (Å²) < 4.78 is 2.13. The van der Waals surface area contributed by atoms with Crippen molar-refractivity contribution in [2.45, 2.75) is 31.7 Å². The lowest BCUT2D eigenvalue weighted by Gasteiger charge is -2.25. The molecule has 1 saturated carbocycles. The van der Waals surface area contributed by atoms with Gasteiger partial charge in [0.1, 0.15) is 5.82 Å². The Kier molecular flexibility index (Phi) is 5.30. The maximum absolute atomic E-state index is 13.5. The van der Waals surface area contributed by atoms with Gasteiger partial charge in [0.25, 0.3) is 0 Å². The molecular formula is C25H30N4O. The molecule has 2 fully saturated rings. The summed E-state index contributed by atoms with van der Waals surface area (Å²) in [5.41, 5.74) is 3.40. The van der Waals surface area contributed by atoms with Crippen LogP contribution in [0.2, 0.25) is 0 Å². The number of hydrogen-bond donors (Lipinski definition) is 0. The molecule has 1 saturated heterocycles. The summed E-state index contributed by atoms with van der Waals surface area (Å²) in [6.07, 6.45) is 3.51. The second kappa shape index (κ2) is 8.23. The molecule has 0 spiro atoms. The maximum atomic E-state index is 13.5. The Morgan fingerprint density at radius 2 is 1.80 bits per heavy atom. The van der Waals surface area contributed by atoms with Crippen molar-refractivity contribution in [2.24, 2.45) is 13.0 Å². The van der Waals surface area contributed by atoms with E-state index >= 15 is 0 Å². The van der Waals surface area contributed by atoms with E-state index < -0.39 is 0 Å². The van der Waals surface area contributed by atoms with E-state index in [-0.39, 0.29) is 11.8 Å². The van der Waals surface area contributed by atoms with Gasteiger partial charge in [-0.3, -0.25) is 4.79 Å². The molecule has 5 nitrogen and oxygen atoms in total. The predicted octanol–water partition coefficient (Wildman–Crippen LogP) is 3.80. The quantitative estimate of drug-likeness (QED) is 0.604. The van der Waals surface area contributed by atoms with Crippen LogP contribution in [0, 0.1) is 5.92 Å². The number of nitrogens with zero attached hydrogens (tertiary/aromatic N) is 4. The number of amides is 1. The molecule has 30 heavy (non-hydrogen) atoms. The van der Waals surface area contributed by atoms with Crippen LogP contribution in [-0.4, -0.2) is 51.4 Å². The lowest BCUT2D eigenvalue weighted by molar-refractivity contribution is -0.133. The van der Waals surface area contributed by atoms with Crippen molar-refractivity contribution in [3.8, 4) is 0 Å². The van der Waals surface area contributed by atoms with Crippen LogP contribution in [0.1, 0.15) is 36.6 Å². The average molecular weight is 403 g/mol. The number of aromatic nitrogens is 2. The fourth-order valence-electron chi connectivity index (χ4n) is 4.81. The Morgan fingerprint density at radius 3 is 2.57 bits per heavy atom. The molecule has 2 atom stereocenters. The van der Waals surface area contributed by atoms with Crippen LogP contribution in [0.5, 0.6) is 0 Å². The third-order valence-corrected chi connectivity index (χ3v) is 6.74. The van der Waals surface area contributed by atoms with E-state index in [0.29, 0.717) is 12.5 Å². The van der Waals surface area contributed by atoms with Gasteiger partial charge in [-0.2, -0.15) is 0 Å². The zero-order chi connectivity index (χ0) is 20.5. The van der Waals surface area contributed by atoms with Crippen LogP contribution < -0.4 is 0 Å². The highest BCUT2D eigenvalue weighted by Crippen LogP contribution is 2.48. The Hall–Kier alpha value is -2.66. The van der Waals surface area contributed by atoms with Gasteiger partial charge >= 0.3 is 0 Å². The van der Waals surface area contributed by atoms with Crippen molar-refractivity contribution in [2.75, 3.05) is 26.2 Å². The van der Waals surface area contributed by atoms with E-state index in [1.807, 2.05) is 24.3 Å². The lowest BCUT2D eigenvalue weighted by Crippen LogP contribution is -2.39. The fourth-order valence-corrected chi connectivity index (χ4v) is 4.81. The van der Waals surface area contributed by atoms with Crippen LogP contribution in [0.25, 0.3) is 11.0 Å². The number of imidazole rings is 1. The molecule has 156 valence electrons. The van der Waals surface area contributed by atoms with E-state index in [4.69, 9.17) is 4.98 Å². The largest absolute Gasteiger partial charge is 0.334 e. The minimum Gasteiger partial charge on any atom is -0.334 e. The Morgan fingerprint density at radius 1 is 1.07 bits per heavy atom. The monoisotopic (exact) mass is 402 g/mol. The number of carbonyl (C=O) groups is 1. The SMILES string of the molecule is Cn1c(CN(CCN2CCCC2)C(=O)[C@@H]2C[C@H]2c2ccccc2)nc2ccccc21. The zero-order valence-corrected chi connectivity index (χ0v) is 17.7. The molecule has 3 aromatic rings. The Bertz CT molecular complexity index is 1020. The highest BCUT2D eigenvalue weighted by atomic mass is 16.2. The van der Waals surface area contributed by atoms with E-state index in [2.05, 4.69) is 51.7 Å². The summed E-state index contributed by atoms with van der Waals surface area (Å²) in [4.78, 5) is 22.9. The smallest absolute Gasteiger partial charge is 0.226 e. The molecule has 1 aliphatic carbocycles. The van der Waals surface area contributed by atoms with Crippen LogP contribution in [0.15, 0.2) is 54.6 Å². The minimum atomic E-state index is 0.112. The molecule has 1 amide bonds. The van der Waals surface area contributed by atoms with E-state index in [9.17, 15) is 4.79 Å². The van der Waals surface area contributed by atoms with E-state index in [1.165, 1.54) is 18.4 Å². The first kappa shape index (κ1) is 19.3. The summed E-state index contributed by atoms with van der Waals surface area (Å²) >= 11 is 0. The first-order chi connectivity index (χ1) is 14.7. The number of hydrogen-bond acceptors (Lipinski definition) is 3. The number of fused-ring (bicyclic) bond motifs is 1. The molecule has 2 heterocycles. The van der Waals surface area contributed by atoms with Gasteiger partial charge in [-0.05, 0) is 56.0 Å². The first-order valence-corrected chi connectivity index (χ1v) is 11.2.